The van der Waals surface area contributed by atoms with E-state index in [1.807, 2.05) is 24.3 Å². The maximum absolute atomic E-state index is 13.7. The molecule has 0 bridgehead atoms. The van der Waals surface area contributed by atoms with Crippen molar-refractivity contribution in [3.63, 3.8) is 0 Å². The largest absolute Gasteiger partial charge is 0.452 e. The van der Waals surface area contributed by atoms with E-state index in [0.29, 0.717) is 5.56 Å². The smallest absolute Gasteiger partial charge is 0.346 e. The van der Waals surface area contributed by atoms with Gasteiger partial charge in [-0.25, -0.2) is 9.18 Å². The minimum atomic E-state index is -0.827. The third kappa shape index (κ3) is 3.46. The quantitative estimate of drug-likeness (QED) is 0.311. The van der Waals surface area contributed by atoms with Gasteiger partial charge in [-0.2, -0.15) is 0 Å². The van der Waals surface area contributed by atoms with Gasteiger partial charge in [0.2, 0.25) is 5.78 Å². The highest BCUT2D eigenvalue weighted by Gasteiger charge is 2.28. The van der Waals surface area contributed by atoms with Crippen LogP contribution in [0.3, 0.4) is 0 Å². The van der Waals surface area contributed by atoms with Crippen molar-refractivity contribution >= 4 is 33.8 Å². The fourth-order valence-corrected chi connectivity index (χ4v) is 3.15. The summed E-state index contributed by atoms with van der Waals surface area (Å²) in [6.45, 7) is 0. The highest BCUT2D eigenvalue weighted by atomic mass is 79.9. The molecule has 0 aromatic heterocycles. The molecule has 0 N–H and O–H groups in total. The molecule has 138 valence electrons. The molecule has 0 radical (unpaired) electrons. The van der Waals surface area contributed by atoms with E-state index in [1.54, 1.807) is 12.1 Å². The van der Waals surface area contributed by atoms with Crippen molar-refractivity contribution in [3.8, 4) is 11.5 Å². The molecule has 0 aliphatic carbocycles. The molecular weight excluding hydrogens is 427 g/mol. The van der Waals surface area contributed by atoms with Crippen molar-refractivity contribution in [1.29, 1.82) is 0 Å². The second-order valence-electron chi connectivity index (χ2n) is 5.99. The zero-order chi connectivity index (χ0) is 19.7. The summed E-state index contributed by atoms with van der Waals surface area (Å²) >= 11 is 3.43. The summed E-state index contributed by atoms with van der Waals surface area (Å²) in [6.07, 6.45) is 1.64. The number of benzene rings is 3. The van der Waals surface area contributed by atoms with Crippen LogP contribution in [0.5, 0.6) is 11.5 Å². The van der Waals surface area contributed by atoms with E-state index in [2.05, 4.69) is 15.9 Å². The Morgan fingerprint density at radius 2 is 1.79 bits per heavy atom. The molecule has 0 saturated carbocycles. The zero-order valence-corrected chi connectivity index (χ0v) is 15.9. The maximum atomic E-state index is 13.7. The maximum Gasteiger partial charge on any atom is 0.346 e. The molecular formula is C22H12BrFO4. The lowest BCUT2D eigenvalue weighted by Crippen LogP contribution is -2.10. The first-order chi connectivity index (χ1) is 13.5. The van der Waals surface area contributed by atoms with Gasteiger partial charge >= 0.3 is 5.97 Å². The molecule has 0 atom stereocenters. The van der Waals surface area contributed by atoms with Gasteiger partial charge in [0.25, 0.3) is 0 Å². The normalized spacial score (nSPS) is 13.9. The van der Waals surface area contributed by atoms with Crippen molar-refractivity contribution in [3.05, 3.63) is 99.5 Å². The van der Waals surface area contributed by atoms with Crippen molar-refractivity contribution in [2.24, 2.45) is 0 Å². The standard InChI is InChI=1S/C22H12BrFO4/c23-17-7-3-1-5-13(17)11-20-21(25)16-10-9-14(12-19(16)28-20)27-22(26)15-6-2-4-8-18(15)24/h1-12H/b20-11-. The lowest BCUT2D eigenvalue weighted by atomic mass is 10.1. The highest BCUT2D eigenvalue weighted by Crippen LogP contribution is 2.35. The van der Waals surface area contributed by atoms with Crippen LogP contribution in [0.15, 0.2) is 77.0 Å². The number of ether oxygens (including phenoxy) is 2. The van der Waals surface area contributed by atoms with Gasteiger partial charge in [-0.1, -0.05) is 46.3 Å². The minimum Gasteiger partial charge on any atom is -0.452 e. The average molecular weight is 439 g/mol. The molecule has 6 heteroatoms. The first kappa shape index (κ1) is 18.1. The van der Waals surface area contributed by atoms with Crippen LogP contribution in [0.4, 0.5) is 4.39 Å². The van der Waals surface area contributed by atoms with Crippen LogP contribution >= 0.6 is 15.9 Å². The Labute approximate surface area is 168 Å². The summed E-state index contributed by atoms with van der Waals surface area (Å²) < 4.78 is 25.4. The summed E-state index contributed by atoms with van der Waals surface area (Å²) in [5.74, 6) is -1.16. The van der Waals surface area contributed by atoms with Crippen LogP contribution in [0.2, 0.25) is 0 Å². The number of ketones is 1. The molecule has 0 fully saturated rings. The lowest BCUT2D eigenvalue weighted by Gasteiger charge is -2.06. The molecule has 0 spiro atoms. The van der Waals surface area contributed by atoms with E-state index in [1.165, 1.54) is 36.4 Å². The van der Waals surface area contributed by atoms with Crippen molar-refractivity contribution < 1.29 is 23.5 Å². The molecule has 1 heterocycles. The average Bonchev–Trinajstić information content (AvgIpc) is 2.99. The molecule has 0 amide bonds. The first-order valence-electron chi connectivity index (χ1n) is 8.32. The highest BCUT2D eigenvalue weighted by molar-refractivity contribution is 9.10. The Kier molecular flexibility index (Phi) is 4.79. The van der Waals surface area contributed by atoms with E-state index in [9.17, 15) is 14.0 Å². The second-order valence-corrected chi connectivity index (χ2v) is 6.84. The van der Waals surface area contributed by atoms with Gasteiger partial charge in [0.05, 0.1) is 11.1 Å². The topological polar surface area (TPSA) is 52.6 Å². The Balaban J connectivity index is 1.58. The third-order valence-corrected chi connectivity index (χ3v) is 4.86. The van der Waals surface area contributed by atoms with Crippen LogP contribution in [0.1, 0.15) is 26.3 Å². The van der Waals surface area contributed by atoms with E-state index in [4.69, 9.17) is 9.47 Å². The van der Waals surface area contributed by atoms with Crippen LogP contribution in [-0.4, -0.2) is 11.8 Å². The summed E-state index contributed by atoms with van der Waals surface area (Å²) in [5.41, 5.74) is 0.989. The van der Waals surface area contributed by atoms with Crippen molar-refractivity contribution in [2.75, 3.05) is 0 Å². The fraction of sp³-hybridized carbons (Fsp3) is 0. The van der Waals surface area contributed by atoms with E-state index in [-0.39, 0.29) is 28.6 Å². The van der Waals surface area contributed by atoms with Crippen molar-refractivity contribution in [2.45, 2.75) is 0 Å². The summed E-state index contributed by atoms with van der Waals surface area (Å²) in [4.78, 5) is 24.7. The number of carbonyl (C=O) groups is 2. The SMILES string of the molecule is O=C(Oc1ccc2c(c1)O/C(=C\c1ccccc1Br)C2=O)c1ccccc1F. The Morgan fingerprint density at radius 1 is 1.04 bits per heavy atom. The lowest BCUT2D eigenvalue weighted by molar-refractivity contribution is 0.0729. The van der Waals surface area contributed by atoms with E-state index < -0.39 is 11.8 Å². The van der Waals surface area contributed by atoms with Gasteiger partial charge in [0, 0.05) is 10.5 Å². The minimum absolute atomic E-state index is 0.155. The molecule has 0 unspecified atom stereocenters. The van der Waals surface area contributed by atoms with Crippen molar-refractivity contribution in [1.82, 2.24) is 0 Å². The van der Waals surface area contributed by atoms with Gasteiger partial charge in [-0.15, -0.1) is 0 Å². The van der Waals surface area contributed by atoms with Crippen LogP contribution in [0, 0.1) is 5.82 Å². The van der Waals surface area contributed by atoms with Crippen LogP contribution in [0.25, 0.3) is 6.08 Å². The van der Waals surface area contributed by atoms with Crippen LogP contribution < -0.4 is 9.47 Å². The number of carbonyl (C=O) groups excluding carboxylic acids is 2. The van der Waals surface area contributed by atoms with Gasteiger partial charge in [0.1, 0.15) is 17.3 Å². The summed E-state index contributed by atoms with van der Waals surface area (Å²) in [7, 11) is 0. The predicted molar refractivity (Wildman–Crippen MR) is 105 cm³/mol. The Morgan fingerprint density at radius 3 is 2.57 bits per heavy atom. The summed E-state index contributed by atoms with van der Waals surface area (Å²) in [6, 6.07) is 17.4. The number of halogens is 2. The Bertz CT molecular complexity index is 1140. The van der Waals surface area contributed by atoms with Crippen LogP contribution in [-0.2, 0) is 0 Å². The van der Waals surface area contributed by atoms with E-state index in [0.717, 1.165) is 10.0 Å². The number of fused-ring (bicyclic) bond motifs is 1. The molecule has 1 aliphatic heterocycles. The molecule has 3 aromatic rings. The molecule has 4 nitrogen and oxygen atoms in total. The molecule has 0 saturated heterocycles. The van der Waals surface area contributed by atoms with Gasteiger partial charge in [0.15, 0.2) is 5.76 Å². The number of hydrogen-bond acceptors (Lipinski definition) is 4. The van der Waals surface area contributed by atoms with E-state index >= 15 is 0 Å². The number of esters is 1. The summed E-state index contributed by atoms with van der Waals surface area (Å²) in [5, 5.41) is 0. The second kappa shape index (κ2) is 7.40. The number of rotatable bonds is 3. The number of hydrogen-bond donors (Lipinski definition) is 0. The molecule has 1 aliphatic rings. The first-order valence-corrected chi connectivity index (χ1v) is 9.12. The molecule has 3 aromatic carbocycles. The third-order valence-electron chi connectivity index (χ3n) is 4.14. The van der Waals surface area contributed by atoms with Gasteiger partial charge in [-0.3, -0.25) is 4.79 Å². The number of allylic oxidation sites excluding steroid dienone is 1. The molecule has 4 rings (SSSR count). The van der Waals surface area contributed by atoms with Gasteiger partial charge < -0.3 is 9.47 Å². The Hall–Kier alpha value is -3.25. The fourth-order valence-electron chi connectivity index (χ4n) is 2.75. The van der Waals surface area contributed by atoms with Gasteiger partial charge in [-0.05, 0) is 42.0 Å². The number of Topliss-reactive ketones (excluding diaryl/α,β-unsaturated/α-hetero) is 1. The predicted octanol–water partition coefficient (Wildman–Crippen LogP) is 5.42. The zero-order valence-electron chi connectivity index (χ0n) is 14.3. The molecule has 28 heavy (non-hydrogen) atoms. The monoisotopic (exact) mass is 438 g/mol.